The third-order valence-electron chi connectivity index (χ3n) is 2.79. The molecule has 0 radical (unpaired) electrons. The van der Waals surface area contributed by atoms with Gasteiger partial charge < -0.3 is 9.67 Å². The topological polar surface area (TPSA) is 59.3 Å². The third-order valence-corrected chi connectivity index (χ3v) is 4.73. The van der Waals surface area contributed by atoms with Gasteiger partial charge in [0.25, 0.3) is 5.56 Å². The fourth-order valence-corrected chi connectivity index (χ4v) is 3.50. The van der Waals surface area contributed by atoms with Crippen molar-refractivity contribution in [1.29, 1.82) is 0 Å². The number of thiophene rings is 2. The Morgan fingerprint density at radius 1 is 1.26 bits per heavy atom. The standard InChI is InChI=1S/C13H9NO3S2/c15-12-9-4-6-18-10(9)3-5-14(12)7-8-1-2-11(19-8)13(16)17/h1-6H,7H2,(H,16,17). The Kier molecular flexibility index (Phi) is 2.96. The van der Waals surface area contributed by atoms with Gasteiger partial charge in [-0.1, -0.05) is 0 Å². The van der Waals surface area contributed by atoms with Crippen molar-refractivity contribution in [2.45, 2.75) is 6.54 Å². The minimum Gasteiger partial charge on any atom is -0.477 e. The van der Waals surface area contributed by atoms with Gasteiger partial charge in [0.2, 0.25) is 0 Å². The second-order valence-corrected chi connectivity index (χ2v) is 6.13. The Balaban J connectivity index is 1.98. The number of aromatic carboxylic acids is 1. The van der Waals surface area contributed by atoms with E-state index in [-0.39, 0.29) is 5.56 Å². The summed E-state index contributed by atoms with van der Waals surface area (Å²) in [5, 5.41) is 11.5. The molecule has 0 saturated carbocycles. The van der Waals surface area contributed by atoms with E-state index >= 15 is 0 Å². The summed E-state index contributed by atoms with van der Waals surface area (Å²) < 4.78 is 2.57. The van der Waals surface area contributed by atoms with Gasteiger partial charge in [0.1, 0.15) is 4.88 Å². The highest BCUT2D eigenvalue weighted by molar-refractivity contribution is 7.17. The van der Waals surface area contributed by atoms with Crippen molar-refractivity contribution in [2.75, 3.05) is 0 Å². The van der Waals surface area contributed by atoms with Crippen LogP contribution >= 0.6 is 22.7 Å². The van der Waals surface area contributed by atoms with Gasteiger partial charge in [-0.2, -0.15) is 0 Å². The van der Waals surface area contributed by atoms with Gasteiger partial charge in [-0.25, -0.2) is 4.79 Å². The van der Waals surface area contributed by atoms with E-state index < -0.39 is 5.97 Å². The van der Waals surface area contributed by atoms with E-state index in [1.165, 1.54) is 22.7 Å². The van der Waals surface area contributed by atoms with Crippen LogP contribution in [-0.2, 0) is 6.54 Å². The van der Waals surface area contributed by atoms with Gasteiger partial charge >= 0.3 is 5.97 Å². The van der Waals surface area contributed by atoms with Gasteiger partial charge in [0.05, 0.1) is 11.9 Å². The zero-order chi connectivity index (χ0) is 13.4. The molecule has 0 aliphatic carbocycles. The van der Waals surface area contributed by atoms with Gasteiger partial charge in [0.15, 0.2) is 0 Å². The van der Waals surface area contributed by atoms with Crippen LogP contribution in [0, 0.1) is 0 Å². The van der Waals surface area contributed by atoms with E-state index in [1.54, 1.807) is 22.9 Å². The molecule has 0 bridgehead atoms. The quantitative estimate of drug-likeness (QED) is 0.807. The van der Waals surface area contributed by atoms with Crippen LogP contribution in [0.3, 0.4) is 0 Å². The number of hydrogen-bond donors (Lipinski definition) is 1. The fourth-order valence-electron chi connectivity index (χ4n) is 1.88. The van der Waals surface area contributed by atoms with Crippen LogP contribution in [0.1, 0.15) is 14.5 Å². The zero-order valence-electron chi connectivity index (χ0n) is 9.70. The minimum absolute atomic E-state index is 0.0379. The van der Waals surface area contributed by atoms with Crippen molar-refractivity contribution >= 4 is 38.7 Å². The molecule has 0 aliphatic rings. The number of nitrogens with zero attached hydrogens (tertiary/aromatic N) is 1. The summed E-state index contributed by atoms with van der Waals surface area (Å²) in [7, 11) is 0. The van der Waals surface area contributed by atoms with E-state index in [0.29, 0.717) is 16.8 Å². The van der Waals surface area contributed by atoms with Crippen LogP contribution < -0.4 is 5.56 Å². The molecule has 3 rings (SSSR count). The Morgan fingerprint density at radius 3 is 2.84 bits per heavy atom. The van der Waals surface area contributed by atoms with Crippen LogP contribution in [0.4, 0.5) is 0 Å². The molecule has 0 spiro atoms. The molecule has 6 heteroatoms. The van der Waals surface area contributed by atoms with E-state index in [4.69, 9.17) is 5.11 Å². The fraction of sp³-hybridized carbons (Fsp3) is 0.0769. The first-order valence-electron chi connectivity index (χ1n) is 5.54. The summed E-state index contributed by atoms with van der Waals surface area (Å²) in [6, 6.07) is 7.04. The van der Waals surface area contributed by atoms with Gasteiger partial charge in [-0.05, 0) is 29.6 Å². The van der Waals surface area contributed by atoms with E-state index in [2.05, 4.69) is 0 Å². The molecule has 0 atom stereocenters. The predicted octanol–water partition coefficient (Wildman–Crippen LogP) is 2.87. The number of fused-ring (bicyclic) bond motifs is 1. The summed E-state index contributed by atoms with van der Waals surface area (Å²) in [5.41, 5.74) is -0.0379. The molecule has 4 nitrogen and oxygen atoms in total. The summed E-state index contributed by atoms with van der Waals surface area (Å²) in [6.07, 6.45) is 1.75. The molecular weight excluding hydrogens is 282 g/mol. The second kappa shape index (κ2) is 4.64. The molecule has 0 aliphatic heterocycles. The van der Waals surface area contributed by atoms with Gasteiger partial charge in [0, 0.05) is 15.8 Å². The maximum atomic E-state index is 12.2. The van der Waals surface area contributed by atoms with Crippen molar-refractivity contribution in [1.82, 2.24) is 4.57 Å². The number of aromatic nitrogens is 1. The maximum absolute atomic E-state index is 12.2. The average molecular weight is 291 g/mol. The van der Waals surface area contributed by atoms with Crippen LogP contribution in [-0.4, -0.2) is 15.6 Å². The number of rotatable bonds is 3. The Morgan fingerprint density at radius 2 is 2.11 bits per heavy atom. The molecular formula is C13H9NO3S2. The van der Waals surface area contributed by atoms with E-state index in [1.807, 2.05) is 17.5 Å². The van der Waals surface area contributed by atoms with Crippen LogP contribution in [0.2, 0.25) is 0 Å². The monoisotopic (exact) mass is 291 g/mol. The summed E-state index contributed by atoms with van der Waals surface area (Å²) in [6.45, 7) is 0.405. The number of carbonyl (C=O) groups is 1. The first-order chi connectivity index (χ1) is 9.15. The summed E-state index contributed by atoms with van der Waals surface area (Å²) >= 11 is 2.73. The number of carboxylic acids is 1. The maximum Gasteiger partial charge on any atom is 0.345 e. The van der Waals surface area contributed by atoms with E-state index in [9.17, 15) is 9.59 Å². The normalized spacial score (nSPS) is 10.9. The zero-order valence-corrected chi connectivity index (χ0v) is 11.3. The lowest BCUT2D eigenvalue weighted by Gasteiger charge is -2.03. The minimum atomic E-state index is -0.933. The van der Waals surface area contributed by atoms with Gasteiger partial charge in [-0.15, -0.1) is 22.7 Å². The number of hydrogen-bond acceptors (Lipinski definition) is 4. The summed E-state index contributed by atoms with van der Waals surface area (Å²) in [4.78, 5) is 24.2. The highest BCUT2D eigenvalue weighted by Crippen LogP contribution is 2.19. The van der Waals surface area contributed by atoms with Crippen molar-refractivity contribution < 1.29 is 9.90 Å². The predicted molar refractivity (Wildman–Crippen MR) is 76.5 cm³/mol. The molecule has 0 amide bonds. The van der Waals surface area contributed by atoms with Crippen LogP contribution in [0.15, 0.2) is 40.6 Å². The molecule has 3 aromatic heterocycles. The third kappa shape index (κ3) is 2.20. The first kappa shape index (κ1) is 12.1. The second-order valence-electron chi connectivity index (χ2n) is 4.02. The Labute approximate surface area is 116 Å². The molecule has 19 heavy (non-hydrogen) atoms. The highest BCUT2D eigenvalue weighted by atomic mass is 32.1. The van der Waals surface area contributed by atoms with Gasteiger partial charge in [-0.3, -0.25) is 4.79 Å². The van der Waals surface area contributed by atoms with Crippen molar-refractivity contribution in [3.8, 4) is 0 Å². The molecule has 3 aromatic rings. The molecule has 1 N–H and O–H groups in total. The lowest BCUT2D eigenvalue weighted by Crippen LogP contribution is -2.18. The summed E-state index contributed by atoms with van der Waals surface area (Å²) in [5.74, 6) is -0.933. The van der Waals surface area contributed by atoms with Crippen molar-refractivity contribution in [3.63, 3.8) is 0 Å². The molecule has 0 aromatic carbocycles. The highest BCUT2D eigenvalue weighted by Gasteiger charge is 2.09. The molecule has 0 unspecified atom stereocenters. The molecule has 96 valence electrons. The largest absolute Gasteiger partial charge is 0.477 e. The number of pyridine rings is 1. The SMILES string of the molecule is O=C(O)c1ccc(Cn2ccc3sccc3c2=O)s1. The molecule has 0 fully saturated rings. The number of carboxylic acid groups (broad SMARTS) is 1. The average Bonchev–Trinajstić information content (AvgIpc) is 3.01. The van der Waals surface area contributed by atoms with Crippen LogP contribution in [0.5, 0.6) is 0 Å². The molecule has 3 heterocycles. The first-order valence-corrected chi connectivity index (χ1v) is 7.23. The lowest BCUT2D eigenvalue weighted by atomic mass is 10.3. The van der Waals surface area contributed by atoms with Crippen molar-refractivity contribution in [3.05, 3.63) is 56.0 Å². The van der Waals surface area contributed by atoms with Crippen molar-refractivity contribution in [2.24, 2.45) is 0 Å². The Hall–Kier alpha value is -1.92. The van der Waals surface area contributed by atoms with E-state index in [0.717, 1.165) is 9.58 Å². The molecule has 0 saturated heterocycles. The lowest BCUT2D eigenvalue weighted by molar-refractivity contribution is 0.0702. The Bertz CT molecular complexity index is 813. The van der Waals surface area contributed by atoms with Crippen LogP contribution in [0.25, 0.3) is 10.1 Å². The smallest absolute Gasteiger partial charge is 0.345 e.